The molecule has 0 aliphatic carbocycles. The van der Waals surface area contributed by atoms with Crippen molar-refractivity contribution < 1.29 is 4.79 Å². The van der Waals surface area contributed by atoms with Gasteiger partial charge in [-0.3, -0.25) is 4.79 Å². The third-order valence-electron chi connectivity index (χ3n) is 3.16. The van der Waals surface area contributed by atoms with Crippen molar-refractivity contribution >= 4 is 11.7 Å². The number of pyridine rings is 1. The normalized spacial score (nSPS) is 10.4. The van der Waals surface area contributed by atoms with Gasteiger partial charge in [0.2, 0.25) is 5.91 Å². The zero-order valence-corrected chi connectivity index (χ0v) is 10.9. The molecule has 94 valence electrons. The van der Waals surface area contributed by atoms with Gasteiger partial charge in [-0.2, -0.15) is 0 Å². The second-order valence-corrected chi connectivity index (χ2v) is 4.40. The highest BCUT2D eigenvalue weighted by Gasteiger charge is 2.10. The SMILES string of the molecule is Cc1cc(CC(=O)Nc2ccccn2)c(C)n1C. The molecular formula is C14H17N3O. The highest BCUT2D eigenvalue weighted by molar-refractivity contribution is 5.91. The Morgan fingerprint density at radius 2 is 2.17 bits per heavy atom. The number of carbonyl (C=O) groups excluding carboxylic acids is 1. The Bertz CT molecular complexity index is 558. The van der Waals surface area contributed by atoms with Gasteiger partial charge in [0.15, 0.2) is 0 Å². The van der Waals surface area contributed by atoms with Crippen LogP contribution in [0, 0.1) is 13.8 Å². The van der Waals surface area contributed by atoms with Crippen molar-refractivity contribution in [3.63, 3.8) is 0 Å². The van der Waals surface area contributed by atoms with Gasteiger partial charge in [-0.05, 0) is 37.6 Å². The summed E-state index contributed by atoms with van der Waals surface area (Å²) >= 11 is 0. The topological polar surface area (TPSA) is 46.9 Å². The zero-order chi connectivity index (χ0) is 13.1. The number of carbonyl (C=O) groups is 1. The van der Waals surface area contributed by atoms with E-state index in [0.717, 1.165) is 17.0 Å². The van der Waals surface area contributed by atoms with Crippen molar-refractivity contribution in [2.24, 2.45) is 7.05 Å². The van der Waals surface area contributed by atoms with E-state index >= 15 is 0 Å². The summed E-state index contributed by atoms with van der Waals surface area (Å²) in [5.74, 6) is 0.551. The molecule has 0 saturated carbocycles. The molecule has 0 aliphatic rings. The summed E-state index contributed by atoms with van der Waals surface area (Å²) in [6, 6.07) is 7.50. The third kappa shape index (κ3) is 2.59. The minimum atomic E-state index is -0.0394. The number of nitrogens with zero attached hydrogens (tertiary/aromatic N) is 2. The molecule has 1 N–H and O–H groups in total. The molecule has 0 aliphatic heterocycles. The second-order valence-electron chi connectivity index (χ2n) is 4.40. The summed E-state index contributed by atoms with van der Waals surface area (Å²) in [6.45, 7) is 4.06. The van der Waals surface area contributed by atoms with Crippen LogP contribution in [0.15, 0.2) is 30.5 Å². The average molecular weight is 243 g/mol. The van der Waals surface area contributed by atoms with E-state index in [4.69, 9.17) is 0 Å². The van der Waals surface area contributed by atoms with Gasteiger partial charge in [-0.25, -0.2) is 4.98 Å². The average Bonchev–Trinajstić information content (AvgIpc) is 2.58. The summed E-state index contributed by atoms with van der Waals surface area (Å²) in [5, 5.41) is 2.79. The fraction of sp³-hybridized carbons (Fsp3) is 0.286. The van der Waals surface area contributed by atoms with Gasteiger partial charge in [0, 0.05) is 24.6 Å². The molecule has 0 unspecified atom stereocenters. The zero-order valence-electron chi connectivity index (χ0n) is 10.9. The van der Waals surface area contributed by atoms with Crippen molar-refractivity contribution in [1.82, 2.24) is 9.55 Å². The van der Waals surface area contributed by atoms with Gasteiger partial charge in [-0.15, -0.1) is 0 Å². The monoisotopic (exact) mass is 243 g/mol. The molecular weight excluding hydrogens is 226 g/mol. The Kier molecular flexibility index (Phi) is 3.46. The largest absolute Gasteiger partial charge is 0.352 e. The van der Waals surface area contributed by atoms with Gasteiger partial charge >= 0.3 is 0 Å². The first kappa shape index (κ1) is 12.4. The molecule has 0 bridgehead atoms. The van der Waals surface area contributed by atoms with Gasteiger partial charge in [0.05, 0.1) is 6.42 Å². The molecule has 4 heteroatoms. The molecule has 0 fully saturated rings. The minimum absolute atomic E-state index is 0.0394. The Balaban J connectivity index is 2.06. The molecule has 2 aromatic rings. The van der Waals surface area contributed by atoms with Gasteiger partial charge in [-0.1, -0.05) is 6.07 Å². The van der Waals surface area contributed by atoms with Crippen molar-refractivity contribution in [2.45, 2.75) is 20.3 Å². The summed E-state index contributed by atoms with van der Waals surface area (Å²) in [6.07, 6.45) is 2.04. The van der Waals surface area contributed by atoms with E-state index in [2.05, 4.69) is 14.9 Å². The molecule has 2 aromatic heterocycles. The van der Waals surface area contributed by atoms with E-state index in [0.29, 0.717) is 12.2 Å². The first-order valence-electron chi connectivity index (χ1n) is 5.90. The van der Waals surface area contributed by atoms with Crippen molar-refractivity contribution in [2.75, 3.05) is 5.32 Å². The number of hydrogen-bond acceptors (Lipinski definition) is 2. The van der Waals surface area contributed by atoms with Crippen molar-refractivity contribution in [1.29, 1.82) is 0 Å². The highest BCUT2D eigenvalue weighted by Crippen LogP contribution is 2.14. The van der Waals surface area contributed by atoms with Crippen LogP contribution in [0.5, 0.6) is 0 Å². The molecule has 0 atom stereocenters. The summed E-state index contributed by atoms with van der Waals surface area (Å²) < 4.78 is 2.09. The standard InChI is InChI=1S/C14H17N3O/c1-10-8-12(11(2)17(10)3)9-14(18)16-13-6-4-5-7-15-13/h4-8H,9H2,1-3H3,(H,15,16,18). The van der Waals surface area contributed by atoms with Crippen LogP contribution in [0.25, 0.3) is 0 Å². The highest BCUT2D eigenvalue weighted by atomic mass is 16.1. The van der Waals surface area contributed by atoms with Gasteiger partial charge < -0.3 is 9.88 Å². The maximum atomic E-state index is 11.9. The van der Waals surface area contributed by atoms with E-state index in [1.165, 1.54) is 0 Å². The number of aryl methyl sites for hydroxylation is 1. The Labute approximate surface area is 107 Å². The van der Waals surface area contributed by atoms with Crippen molar-refractivity contribution in [3.8, 4) is 0 Å². The lowest BCUT2D eigenvalue weighted by molar-refractivity contribution is -0.115. The molecule has 18 heavy (non-hydrogen) atoms. The molecule has 0 radical (unpaired) electrons. The molecule has 0 aromatic carbocycles. The van der Waals surface area contributed by atoms with Crippen LogP contribution in [-0.2, 0) is 18.3 Å². The van der Waals surface area contributed by atoms with Crippen molar-refractivity contribution in [3.05, 3.63) is 47.4 Å². The van der Waals surface area contributed by atoms with Gasteiger partial charge in [0.25, 0.3) is 0 Å². The van der Waals surface area contributed by atoms with E-state index in [-0.39, 0.29) is 5.91 Å². The number of amides is 1. The summed E-state index contributed by atoms with van der Waals surface area (Å²) in [7, 11) is 2.00. The maximum absolute atomic E-state index is 11.9. The summed E-state index contributed by atoms with van der Waals surface area (Å²) in [5.41, 5.74) is 3.35. The molecule has 4 nitrogen and oxygen atoms in total. The van der Waals surface area contributed by atoms with E-state index < -0.39 is 0 Å². The molecule has 0 saturated heterocycles. The number of hydrogen-bond donors (Lipinski definition) is 1. The lowest BCUT2D eigenvalue weighted by Gasteiger charge is -2.04. The second kappa shape index (κ2) is 5.04. The van der Waals surface area contributed by atoms with Crippen LogP contribution in [0.4, 0.5) is 5.82 Å². The number of aromatic nitrogens is 2. The summed E-state index contributed by atoms with van der Waals surface area (Å²) in [4.78, 5) is 16.0. The first-order chi connectivity index (χ1) is 8.58. The van der Waals surface area contributed by atoms with Crippen LogP contribution in [0.2, 0.25) is 0 Å². The quantitative estimate of drug-likeness (QED) is 0.898. The van der Waals surface area contributed by atoms with Crippen LogP contribution in [0.1, 0.15) is 17.0 Å². The Morgan fingerprint density at radius 3 is 2.72 bits per heavy atom. The van der Waals surface area contributed by atoms with E-state index in [1.54, 1.807) is 12.3 Å². The van der Waals surface area contributed by atoms with E-state index in [1.807, 2.05) is 39.1 Å². The predicted octanol–water partition coefficient (Wildman–Crippen LogP) is 2.22. The lowest BCUT2D eigenvalue weighted by atomic mass is 10.1. The van der Waals surface area contributed by atoms with Crippen LogP contribution in [-0.4, -0.2) is 15.5 Å². The fourth-order valence-electron chi connectivity index (χ4n) is 1.91. The van der Waals surface area contributed by atoms with Gasteiger partial charge in [0.1, 0.15) is 5.82 Å². The molecule has 2 heterocycles. The maximum Gasteiger partial charge on any atom is 0.230 e. The predicted molar refractivity (Wildman–Crippen MR) is 71.5 cm³/mol. The van der Waals surface area contributed by atoms with E-state index in [9.17, 15) is 4.79 Å². The smallest absolute Gasteiger partial charge is 0.230 e. The third-order valence-corrected chi connectivity index (χ3v) is 3.16. The molecule has 1 amide bonds. The van der Waals surface area contributed by atoms with Crippen LogP contribution >= 0.6 is 0 Å². The van der Waals surface area contributed by atoms with Crippen LogP contribution < -0.4 is 5.32 Å². The van der Waals surface area contributed by atoms with Crippen LogP contribution in [0.3, 0.4) is 0 Å². The molecule has 2 rings (SSSR count). The Morgan fingerprint density at radius 1 is 1.39 bits per heavy atom. The minimum Gasteiger partial charge on any atom is -0.352 e. The number of nitrogens with one attached hydrogen (secondary N) is 1. The lowest BCUT2D eigenvalue weighted by Crippen LogP contribution is -2.15. The molecule has 0 spiro atoms. The first-order valence-corrected chi connectivity index (χ1v) is 5.90. The number of anilines is 1. The fourth-order valence-corrected chi connectivity index (χ4v) is 1.91. The number of rotatable bonds is 3. The Hall–Kier alpha value is -2.10.